The van der Waals surface area contributed by atoms with E-state index in [1.165, 1.54) is 366 Å². The Morgan fingerprint density at radius 2 is 0.568 bits per heavy atom. The first-order chi connectivity index (χ1) is 40.0. The Hall–Kier alpha value is -1.40. The quantitative estimate of drug-likeness (QED) is 0.0320. The molecule has 0 aromatic rings. The number of hydrogen-bond donors (Lipinski definition) is 3. The fraction of sp³-hybridized carbons (Fsp3) is 0.947. The van der Waals surface area contributed by atoms with E-state index in [4.69, 9.17) is 4.74 Å². The van der Waals surface area contributed by atoms with E-state index in [0.29, 0.717) is 19.4 Å². The number of aliphatic hydroxyl groups is 2. The van der Waals surface area contributed by atoms with Gasteiger partial charge in [-0.2, -0.15) is 0 Å². The van der Waals surface area contributed by atoms with Gasteiger partial charge in [0.05, 0.1) is 25.4 Å². The summed E-state index contributed by atoms with van der Waals surface area (Å²) in [5.74, 6) is -0.0399. The van der Waals surface area contributed by atoms with Crippen LogP contribution in [-0.2, 0) is 14.3 Å². The second kappa shape index (κ2) is 71.1. The minimum absolute atomic E-state index is 0.0204. The SMILES string of the molecule is CCCCCCCCCCCCCCCCCCCCCCCC/C=C/C(O)C(CO)NC(=O)CCCCCCCCCCCCCCCCCCCCCCCCCCCCOC(=O)CCCCCCCCCCCCCCCC. The van der Waals surface area contributed by atoms with Gasteiger partial charge in [-0.1, -0.05) is 398 Å². The molecule has 0 saturated heterocycles. The van der Waals surface area contributed by atoms with Gasteiger partial charge >= 0.3 is 5.97 Å². The minimum Gasteiger partial charge on any atom is -0.466 e. The van der Waals surface area contributed by atoms with Crippen LogP contribution in [-0.4, -0.2) is 47.4 Å². The van der Waals surface area contributed by atoms with Crippen molar-refractivity contribution in [2.45, 2.75) is 443 Å². The highest BCUT2D eigenvalue weighted by Gasteiger charge is 2.18. The number of amides is 1. The lowest BCUT2D eigenvalue weighted by molar-refractivity contribution is -0.143. The topological polar surface area (TPSA) is 95.9 Å². The molecule has 0 rings (SSSR count). The van der Waals surface area contributed by atoms with Crippen molar-refractivity contribution < 1.29 is 24.5 Å². The van der Waals surface area contributed by atoms with Crippen molar-refractivity contribution in [1.82, 2.24) is 5.32 Å². The summed E-state index contributed by atoms with van der Waals surface area (Å²) in [7, 11) is 0. The van der Waals surface area contributed by atoms with Gasteiger partial charge < -0.3 is 20.3 Å². The van der Waals surface area contributed by atoms with Crippen molar-refractivity contribution in [2.24, 2.45) is 0 Å². The summed E-state index contributed by atoms with van der Waals surface area (Å²) in [5, 5.41) is 23.3. The summed E-state index contributed by atoms with van der Waals surface area (Å²) in [5.41, 5.74) is 0. The van der Waals surface area contributed by atoms with Crippen molar-refractivity contribution in [1.29, 1.82) is 0 Å². The summed E-state index contributed by atoms with van der Waals surface area (Å²) < 4.78 is 5.50. The molecule has 81 heavy (non-hydrogen) atoms. The third-order valence-electron chi connectivity index (χ3n) is 17.8. The van der Waals surface area contributed by atoms with E-state index < -0.39 is 12.1 Å². The van der Waals surface area contributed by atoms with E-state index in [2.05, 4.69) is 19.2 Å². The van der Waals surface area contributed by atoms with Crippen molar-refractivity contribution >= 4 is 11.9 Å². The molecular weight excluding hydrogens is 995 g/mol. The van der Waals surface area contributed by atoms with E-state index in [-0.39, 0.29) is 18.5 Å². The van der Waals surface area contributed by atoms with Crippen molar-refractivity contribution in [2.75, 3.05) is 13.2 Å². The average Bonchev–Trinajstić information content (AvgIpc) is 3.47. The van der Waals surface area contributed by atoms with Crippen LogP contribution in [0, 0.1) is 0 Å². The molecule has 2 atom stereocenters. The van der Waals surface area contributed by atoms with Crippen LogP contribution in [0.25, 0.3) is 0 Å². The number of aliphatic hydroxyl groups excluding tert-OH is 2. The van der Waals surface area contributed by atoms with E-state index in [1.54, 1.807) is 6.08 Å². The standard InChI is InChI=1S/C75H147NO5/c1-3-5-7-9-11-13-15-17-19-20-21-22-23-28-31-34-37-40-43-47-51-55-59-63-67-73(78)72(71-77)76-74(79)68-64-60-56-52-48-44-41-38-35-32-29-26-24-25-27-30-33-36-39-42-46-50-54-58-62-66-70-81-75(80)69-65-61-57-53-49-45-18-16-14-12-10-8-6-4-2/h63,67,72-73,77-78H,3-62,64-66,68-71H2,1-2H3,(H,76,79)/b67-63+. The zero-order valence-corrected chi connectivity index (χ0v) is 55.3. The molecule has 0 aromatic heterocycles. The average molecular weight is 1140 g/mol. The molecule has 6 nitrogen and oxygen atoms in total. The van der Waals surface area contributed by atoms with Crippen LogP contribution >= 0.6 is 0 Å². The predicted molar refractivity (Wildman–Crippen MR) is 357 cm³/mol. The largest absolute Gasteiger partial charge is 0.466 e. The van der Waals surface area contributed by atoms with Crippen molar-refractivity contribution in [3.8, 4) is 0 Å². The second-order valence-electron chi connectivity index (χ2n) is 26.0. The van der Waals surface area contributed by atoms with Crippen LogP contribution in [0.2, 0.25) is 0 Å². The van der Waals surface area contributed by atoms with Crippen molar-refractivity contribution in [3.63, 3.8) is 0 Å². The molecule has 482 valence electrons. The first kappa shape index (κ1) is 79.6. The fourth-order valence-corrected chi connectivity index (χ4v) is 12.1. The highest BCUT2D eigenvalue weighted by molar-refractivity contribution is 5.76. The van der Waals surface area contributed by atoms with Crippen LogP contribution in [0.4, 0.5) is 0 Å². The lowest BCUT2D eigenvalue weighted by atomic mass is 10.0. The van der Waals surface area contributed by atoms with E-state index >= 15 is 0 Å². The van der Waals surface area contributed by atoms with Gasteiger partial charge in [-0.05, 0) is 32.1 Å². The number of ether oxygens (including phenoxy) is 1. The van der Waals surface area contributed by atoms with Gasteiger partial charge in [0.2, 0.25) is 5.91 Å². The Kier molecular flexibility index (Phi) is 69.9. The van der Waals surface area contributed by atoms with Crippen molar-refractivity contribution in [3.05, 3.63) is 12.2 Å². The smallest absolute Gasteiger partial charge is 0.305 e. The zero-order valence-electron chi connectivity index (χ0n) is 55.3. The molecule has 0 radical (unpaired) electrons. The van der Waals surface area contributed by atoms with Gasteiger partial charge in [0.1, 0.15) is 0 Å². The van der Waals surface area contributed by atoms with Crippen LogP contribution < -0.4 is 5.32 Å². The Balaban J connectivity index is 3.37. The van der Waals surface area contributed by atoms with Crippen LogP contribution in [0.3, 0.4) is 0 Å². The summed E-state index contributed by atoms with van der Waals surface area (Å²) in [6, 6.07) is -0.627. The Morgan fingerprint density at radius 3 is 0.840 bits per heavy atom. The minimum atomic E-state index is -0.844. The molecule has 0 aliphatic rings. The molecule has 0 aliphatic heterocycles. The maximum Gasteiger partial charge on any atom is 0.305 e. The Labute approximate surface area is 508 Å². The highest BCUT2D eigenvalue weighted by Crippen LogP contribution is 2.20. The van der Waals surface area contributed by atoms with Gasteiger partial charge in [0.25, 0.3) is 0 Å². The summed E-state index contributed by atoms with van der Waals surface area (Å²) in [4.78, 5) is 24.6. The molecule has 0 aromatic carbocycles. The number of hydrogen-bond acceptors (Lipinski definition) is 5. The van der Waals surface area contributed by atoms with Gasteiger partial charge in [0.15, 0.2) is 0 Å². The molecule has 2 unspecified atom stereocenters. The number of esters is 1. The monoisotopic (exact) mass is 1140 g/mol. The predicted octanol–water partition coefficient (Wildman–Crippen LogP) is 24.3. The summed E-state index contributed by atoms with van der Waals surface area (Å²) in [6.45, 7) is 4.96. The summed E-state index contributed by atoms with van der Waals surface area (Å²) >= 11 is 0. The lowest BCUT2D eigenvalue weighted by Gasteiger charge is -2.20. The molecule has 0 heterocycles. The molecule has 0 saturated carbocycles. The highest BCUT2D eigenvalue weighted by atomic mass is 16.5. The van der Waals surface area contributed by atoms with E-state index in [9.17, 15) is 19.8 Å². The normalized spacial score (nSPS) is 12.5. The number of carbonyl (C=O) groups is 2. The van der Waals surface area contributed by atoms with Crippen LogP contribution in [0.5, 0.6) is 0 Å². The van der Waals surface area contributed by atoms with Gasteiger partial charge in [0, 0.05) is 12.8 Å². The number of unbranched alkanes of at least 4 members (excludes halogenated alkanes) is 60. The Bertz CT molecular complexity index is 1220. The summed E-state index contributed by atoms with van der Waals surface area (Å²) in [6.07, 6.45) is 88.8. The first-order valence-corrected chi connectivity index (χ1v) is 37.5. The van der Waals surface area contributed by atoms with Gasteiger partial charge in [-0.25, -0.2) is 0 Å². The maximum atomic E-state index is 12.5. The number of nitrogens with one attached hydrogen (secondary N) is 1. The molecule has 0 spiro atoms. The number of rotatable bonds is 71. The first-order valence-electron chi connectivity index (χ1n) is 37.5. The van der Waals surface area contributed by atoms with Crippen LogP contribution in [0.1, 0.15) is 431 Å². The third kappa shape index (κ3) is 67.6. The van der Waals surface area contributed by atoms with Gasteiger partial charge in [-0.15, -0.1) is 0 Å². The number of allylic oxidation sites excluding steroid dienone is 1. The second-order valence-corrected chi connectivity index (χ2v) is 26.0. The zero-order chi connectivity index (χ0) is 58.5. The van der Waals surface area contributed by atoms with E-state index in [1.807, 2.05) is 6.08 Å². The molecule has 1 amide bonds. The Morgan fingerprint density at radius 1 is 0.333 bits per heavy atom. The molecular formula is C75H147NO5. The van der Waals surface area contributed by atoms with E-state index in [0.717, 1.165) is 38.5 Å². The lowest BCUT2D eigenvalue weighted by Crippen LogP contribution is -2.45. The fourth-order valence-electron chi connectivity index (χ4n) is 12.1. The molecule has 0 bridgehead atoms. The number of carbonyl (C=O) groups excluding carboxylic acids is 2. The molecule has 0 fully saturated rings. The van der Waals surface area contributed by atoms with Gasteiger partial charge in [-0.3, -0.25) is 9.59 Å². The molecule has 0 aliphatic carbocycles. The van der Waals surface area contributed by atoms with Crippen LogP contribution in [0.15, 0.2) is 12.2 Å². The third-order valence-corrected chi connectivity index (χ3v) is 17.8. The molecule has 3 N–H and O–H groups in total. The maximum absolute atomic E-state index is 12.5. The molecule has 6 heteroatoms.